The zero-order valence-electron chi connectivity index (χ0n) is 76.8. The average Bonchev–Trinajstić information content (AvgIpc) is 0.848. The third kappa shape index (κ3) is 56.2. The highest BCUT2D eigenvalue weighted by atomic mass is 16.6. The van der Waals surface area contributed by atoms with Crippen LogP contribution in [0.5, 0.6) is 11.5 Å². The maximum Gasteiger partial charge on any atom is 0.407 e. The van der Waals surface area contributed by atoms with Gasteiger partial charge in [0.25, 0.3) is 0 Å². The van der Waals surface area contributed by atoms with E-state index in [-0.39, 0.29) is 123 Å². The van der Waals surface area contributed by atoms with Crippen LogP contribution in [0.2, 0.25) is 0 Å². The van der Waals surface area contributed by atoms with E-state index in [1.165, 1.54) is 30.3 Å². The van der Waals surface area contributed by atoms with Gasteiger partial charge in [-0.25, -0.2) is 24.0 Å². The van der Waals surface area contributed by atoms with E-state index in [0.717, 1.165) is 64.2 Å². The molecule has 0 bridgehead atoms. The molecule has 1 amide bonds. The number of carbonyl (C=O) groups excluding carboxylic acids is 11. The smallest absolute Gasteiger partial charge is 0.407 e. The van der Waals surface area contributed by atoms with Gasteiger partial charge in [0.1, 0.15) is 69.4 Å². The first-order valence-electron chi connectivity index (χ1n) is 42.5. The minimum Gasteiger partial charge on any atom is -0.481 e. The first-order valence-corrected chi connectivity index (χ1v) is 42.5. The number of aliphatic carboxylic acids is 2. The Kier molecular flexibility index (Phi) is 62.2. The first kappa shape index (κ1) is 117. The van der Waals surface area contributed by atoms with Gasteiger partial charge < -0.3 is 82.6 Å². The van der Waals surface area contributed by atoms with Crippen LogP contribution in [-0.4, -0.2) is 189 Å². The van der Waals surface area contributed by atoms with Gasteiger partial charge in [0.2, 0.25) is 0 Å². The fraction of sp³-hybridized carbons (Fsp3) is 0.652. The standard InChI is InChI=1S/C21H38O7.C20H37NO6.C17H22O7.C16H20O6.C12H16O2.C6H12O2/c1-5-7-9-12-18(23)26-14-11-8-10-13-19(24)27-15-17(22)16-28-20(25)21(3,4)6-2;1-5-7-10-14-25-17(22)12-9-8-11-15-27-19(24)21-13-16-26-18(23)20(3,4)6-2;1-4-17(2,3)16(21)23-10-9-22-15(20)12-7-5-6-8-13(12)24-11-14(18)19;1-4-16(2,3)15(20)22-10-9-21-14(19)12-8-6-5-7-11(12)13(17)18;1-4-12(2,3)11(13)14-10-8-6-5-7-9-10;1-4-6(2,3)5(7)8/h17,22H,5-16H2,1-4H3;5-16H2,1-4H3,(H,21,24);5-8H,4,9-11H2,1-3H3,(H,18,19);5-8H,4,9-10H2,1-3H3,(H,17,18);5-9H,4H2,1-3H3;4H2,1-3H3,(H,7,8). The van der Waals surface area contributed by atoms with Crippen LogP contribution >= 0.6 is 0 Å². The van der Waals surface area contributed by atoms with Crippen molar-refractivity contribution < 1.29 is 144 Å². The molecule has 123 heavy (non-hydrogen) atoms. The van der Waals surface area contributed by atoms with Crippen molar-refractivity contribution in [2.45, 2.75) is 279 Å². The van der Waals surface area contributed by atoms with Gasteiger partial charge in [0, 0.05) is 19.3 Å². The molecular weight excluding hydrogens is 1600 g/mol. The summed E-state index contributed by atoms with van der Waals surface area (Å²) in [6.07, 6.45) is 14.0. The minimum atomic E-state index is -1.20. The van der Waals surface area contributed by atoms with E-state index in [9.17, 15) is 72.2 Å². The predicted molar refractivity (Wildman–Crippen MR) is 460 cm³/mol. The van der Waals surface area contributed by atoms with Gasteiger partial charge in [0.15, 0.2) is 6.61 Å². The van der Waals surface area contributed by atoms with Crippen molar-refractivity contribution in [3.8, 4) is 11.5 Å². The third-order valence-corrected chi connectivity index (χ3v) is 19.5. The lowest BCUT2D eigenvalue weighted by atomic mass is 9.91. The van der Waals surface area contributed by atoms with Crippen molar-refractivity contribution in [1.82, 2.24) is 5.32 Å². The van der Waals surface area contributed by atoms with Crippen LogP contribution < -0.4 is 14.8 Å². The first-order chi connectivity index (χ1) is 57.7. The number of hydrogen-bond acceptors (Lipinski definition) is 27. The number of unbranched alkanes of at least 4 members (excludes halogenated alkanes) is 8. The fourth-order valence-electron chi connectivity index (χ4n) is 8.31. The van der Waals surface area contributed by atoms with Gasteiger partial charge in [-0.15, -0.1) is 0 Å². The lowest BCUT2D eigenvalue weighted by Gasteiger charge is -2.21. The van der Waals surface area contributed by atoms with Crippen molar-refractivity contribution in [2.24, 2.45) is 32.5 Å². The molecule has 0 aliphatic rings. The molecule has 0 fully saturated rings. The van der Waals surface area contributed by atoms with Crippen LogP contribution in [0.4, 0.5) is 4.79 Å². The zero-order chi connectivity index (χ0) is 94.3. The molecule has 0 heterocycles. The van der Waals surface area contributed by atoms with Crippen LogP contribution in [0.25, 0.3) is 0 Å². The Morgan fingerprint density at radius 2 is 0.691 bits per heavy atom. The number of carboxylic acids is 3. The zero-order valence-corrected chi connectivity index (χ0v) is 76.8. The number of rotatable bonds is 52. The monoisotopic (exact) mass is 1740 g/mol. The molecule has 3 aromatic carbocycles. The number of nitrogens with one attached hydrogen (secondary N) is 1. The Balaban J connectivity index is -0.00000145. The summed E-state index contributed by atoms with van der Waals surface area (Å²) in [6, 6.07) is 21.1. The number of carbonyl (C=O) groups is 14. The van der Waals surface area contributed by atoms with E-state index < -0.39 is 87.1 Å². The number of alkyl carbamates (subject to hydrolysis) is 1. The number of amides is 1. The molecule has 3 aromatic rings. The molecule has 0 saturated carbocycles. The summed E-state index contributed by atoms with van der Waals surface area (Å²) in [6.45, 7) is 37.3. The molecule has 0 aliphatic carbocycles. The summed E-state index contributed by atoms with van der Waals surface area (Å²) in [5.74, 6) is -6.07. The summed E-state index contributed by atoms with van der Waals surface area (Å²) in [5, 5.41) is 38.4. The fourth-order valence-corrected chi connectivity index (χ4v) is 8.31. The second-order valence-corrected chi connectivity index (χ2v) is 32.4. The Morgan fingerprint density at radius 3 is 1.11 bits per heavy atom. The summed E-state index contributed by atoms with van der Waals surface area (Å²) in [4.78, 5) is 160. The van der Waals surface area contributed by atoms with E-state index in [0.29, 0.717) is 89.8 Å². The Bertz CT molecular complexity index is 3600. The SMILES string of the molecule is CCC(C)(C)C(=O)O.CCC(C)(C)C(=O)OCCOC(=O)c1ccccc1C(=O)O.CCC(C)(C)C(=O)OCCOC(=O)c1ccccc1OCC(=O)O.CCC(C)(C)C(=O)Oc1ccccc1.CCCCCC(=O)OCCCCCC(=O)OCC(O)COC(=O)C(C)(C)CC.CCCCCOC(=O)CCCCCOC(=O)NCCOC(=O)C(C)(C)CC. The van der Waals surface area contributed by atoms with E-state index in [1.54, 1.807) is 85.7 Å². The summed E-state index contributed by atoms with van der Waals surface area (Å²) in [7, 11) is 0. The van der Waals surface area contributed by atoms with Gasteiger partial charge >= 0.3 is 83.7 Å². The largest absolute Gasteiger partial charge is 0.481 e. The third-order valence-electron chi connectivity index (χ3n) is 19.5. The van der Waals surface area contributed by atoms with Crippen molar-refractivity contribution in [3.63, 3.8) is 0 Å². The number of hydrogen-bond donors (Lipinski definition) is 5. The highest BCUT2D eigenvalue weighted by Gasteiger charge is 2.32. The second-order valence-electron chi connectivity index (χ2n) is 32.4. The number of aliphatic hydroxyl groups excluding tert-OH is 1. The molecule has 0 aliphatic heterocycles. The summed E-state index contributed by atoms with van der Waals surface area (Å²) in [5.41, 5.74) is -3.27. The number of carboxylic acid groups (broad SMARTS) is 3. The second kappa shape index (κ2) is 65.5. The molecular formula is C92H145NO30. The molecule has 0 aromatic heterocycles. The molecule has 0 saturated heterocycles. The van der Waals surface area contributed by atoms with E-state index in [4.69, 9.17) is 72.2 Å². The van der Waals surface area contributed by atoms with Gasteiger partial charge in [-0.1, -0.05) is 124 Å². The summed E-state index contributed by atoms with van der Waals surface area (Å²) >= 11 is 0. The number of para-hydroxylation sites is 2. The number of ether oxygens (including phenoxy) is 12. The highest BCUT2D eigenvalue weighted by molar-refractivity contribution is 6.02. The number of aromatic carboxylic acids is 1. The van der Waals surface area contributed by atoms with Crippen LogP contribution in [0.15, 0.2) is 78.9 Å². The predicted octanol–water partition coefficient (Wildman–Crippen LogP) is 16.9. The van der Waals surface area contributed by atoms with E-state index in [1.807, 2.05) is 87.4 Å². The van der Waals surface area contributed by atoms with Crippen LogP contribution in [0.1, 0.15) is 304 Å². The molecule has 698 valence electrons. The van der Waals surface area contributed by atoms with E-state index in [2.05, 4.69) is 19.2 Å². The van der Waals surface area contributed by atoms with Crippen molar-refractivity contribution in [3.05, 3.63) is 95.6 Å². The lowest BCUT2D eigenvalue weighted by molar-refractivity contribution is -0.160. The molecule has 0 spiro atoms. The van der Waals surface area contributed by atoms with Gasteiger partial charge in [0.05, 0.1) is 70.0 Å². The Morgan fingerprint density at radius 1 is 0.341 bits per heavy atom. The van der Waals surface area contributed by atoms with Crippen LogP contribution in [0.3, 0.4) is 0 Å². The number of esters is 10. The lowest BCUT2D eigenvalue weighted by Crippen LogP contribution is -2.32. The van der Waals surface area contributed by atoms with Crippen molar-refractivity contribution in [1.29, 1.82) is 0 Å². The quantitative estimate of drug-likeness (QED) is 0.0152. The highest BCUT2D eigenvalue weighted by Crippen LogP contribution is 2.27. The molecule has 31 heteroatoms. The Labute approximate surface area is 728 Å². The van der Waals surface area contributed by atoms with Gasteiger partial charge in [-0.2, -0.15) is 0 Å². The summed E-state index contributed by atoms with van der Waals surface area (Å²) < 4.78 is 60.7. The molecule has 3 rings (SSSR count). The van der Waals surface area contributed by atoms with Gasteiger partial charge in [-0.3, -0.25) is 43.2 Å². The van der Waals surface area contributed by atoms with E-state index >= 15 is 0 Å². The number of aliphatic hydroxyl groups is 1. The van der Waals surface area contributed by atoms with Gasteiger partial charge in [-0.05, 0) is 209 Å². The average molecular weight is 1750 g/mol. The molecule has 31 nitrogen and oxygen atoms in total. The van der Waals surface area contributed by atoms with Crippen molar-refractivity contribution >= 4 is 83.7 Å². The van der Waals surface area contributed by atoms with Crippen molar-refractivity contribution in [2.75, 3.05) is 79.2 Å². The van der Waals surface area contributed by atoms with Crippen LogP contribution in [-0.2, 0) is 95.3 Å². The molecule has 1 unspecified atom stereocenters. The molecule has 5 N–H and O–H groups in total. The molecule has 0 radical (unpaired) electrons. The maximum absolute atomic E-state index is 12.0. The molecule has 1 atom stereocenters. The normalized spacial score (nSPS) is 11.3. The minimum absolute atomic E-state index is 0.0322. The maximum atomic E-state index is 12.0. The van der Waals surface area contributed by atoms with Crippen LogP contribution in [0, 0.1) is 32.5 Å². The Hall–Kier alpha value is -10.2. The number of benzene rings is 3. The topological polar surface area (TPSA) is 443 Å².